The first-order valence-corrected chi connectivity index (χ1v) is 7.02. The van der Waals surface area contributed by atoms with Gasteiger partial charge in [-0.25, -0.2) is 9.78 Å². The second kappa shape index (κ2) is 6.26. The Morgan fingerprint density at radius 3 is 3.00 bits per heavy atom. The van der Waals surface area contributed by atoms with Crippen LogP contribution in [0.4, 0.5) is 5.13 Å². The minimum absolute atomic E-state index is 0.134. The lowest BCUT2D eigenvalue weighted by atomic mass is 10.3. The highest BCUT2D eigenvalue weighted by Crippen LogP contribution is 2.20. The number of nitrogens with one attached hydrogen (secondary N) is 1. The van der Waals surface area contributed by atoms with E-state index >= 15 is 0 Å². The third-order valence-corrected chi connectivity index (χ3v) is 3.83. The monoisotopic (exact) mass is 294 g/mol. The predicted molar refractivity (Wildman–Crippen MR) is 75.4 cm³/mol. The molecule has 0 unspecified atom stereocenters. The minimum atomic E-state index is -1.02. The molecule has 0 aromatic carbocycles. The second-order valence-electron chi connectivity index (χ2n) is 3.54. The number of carboxylic acid groups (broad SMARTS) is 1. The van der Waals surface area contributed by atoms with E-state index in [-0.39, 0.29) is 5.91 Å². The number of amides is 1. The summed E-state index contributed by atoms with van der Waals surface area (Å²) >= 11 is 2.75. The highest BCUT2D eigenvalue weighted by Gasteiger charge is 2.07. The van der Waals surface area contributed by atoms with Gasteiger partial charge in [0.05, 0.1) is 6.42 Å². The molecule has 0 aliphatic rings. The average Bonchev–Trinajstić information content (AvgIpc) is 2.98. The summed E-state index contributed by atoms with van der Waals surface area (Å²) in [5, 5.41) is 13.6. The molecule has 0 radical (unpaired) electrons. The Bertz CT molecular complexity index is 602. The number of carbonyl (C=O) groups is 2. The van der Waals surface area contributed by atoms with E-state index in [1.54, 1.807) is 0 Å². The summed E-state index contributed by atoms with van der Waals surface area (Å²) in [6.45, 7) is 0. The standard InChI is InChI=1S/C12H10N2O3S2/c15-10(6-8-2-1-5-18-8)14-12-13-7-9(19-12)3-4-11(16)17/h1-5,7H,6H2,(H,16,17)(H,13,14,15)/b4-3+. The van der Waals surface area contributed by atoms with Crippen molar-refractivity contribution in [3.8, 4) is 0 Å². The summed E-state index contributed by atoms with van der Waals surface area (Å²) in [4.78, 5) is 27.7. The fraction of sp³-hybridized carbons (Fsp3) is 0.0833. The number of nitrogens with zero attached hydrogens (tertiary/aromatic N) is 1. The molecule has 2 aromatic heterocycles. The van der Waals surface area contributed by atoms with Crippen LogP contribution in [0.1, 0.15) is 9.75 Å². The molecule has 2 rings (SSSR count). The zero-order valence-electron chi connectivity index (χ0n) is 9.70. The SMILES string of the molecule is O=C(O)/C=C/c1cnc(NC(=O)Cc2cccs2)s1. The number of carboxylic acids is 1. The van der Waals surface area contributed by atoms with Gasteiger partial charge in [-0.3, -0.25) is 4.79 Å². The molecular weight excluding hydrogens is 284 g/mol. The highest BCUT2D eigenvalue weighted by molar-refractivity contribution is 7.16. The van der Waals surface area contributed by atoms with Gasteiger partial charge in [0, 0.05) is 22.0 Å². The summed E-state index contributed by atoms with van der Waals surface area (Å²) in [6, 6.07) is 3.79. The normalized spacial score (nSPS) is 10.7. The van der Waals surface area contributed by atoms with Crippen molar-refractivity contribution < 1.29 is 14.7 Å². The highest BCUT2D eigenvalue weighted by atomic mass is 32.1. The van der Waals surface area contributed by atoms with Crippen LogP contribution in [0.5, 0.6) is 0 Å². The van der Waals surface area contributed by atoms with Gasteiger partial charge in [-0.2, -0.15) is 0 Å². The number of hydrogen-bond donors (Lipinski definition) is 2. The number of aromatic nitrogens is 1. The van der Waals surface area contributed by atoms with Crippen LogP contribution in [0.2, 0.25) is 0 Å². The number of carbonyl (C=O) groups excluding carboxylic acids is 1. The number of thiophene rings is 1. The fourth-order valence-electron chi connectivity index (χ4n) is 1.31. The molecule has 98 valence electrons. The largest absolute Gasteiger partial charge is 0.478 e. The van der Waals surface area contributed by atoms with Crippen molar-refractivity contribution >= 4 is 45.8 Å². The van der Waals surface area contributed by atoms with Gasteiger partial charge < -0.3 is 10.4 Å². The maximum atomic E-state index is 11.7. The molecule has 2 aromatic rings. The van der Waals surface area contributed by atoms with Gasteiger partial charge in [-0.05, 0) is 17.5 Å². The zero-order valence-corrected chi connectivity index (χ0v) is 11.3. The summed E-state index contributed by atoms with van der Waals surface area (Å²) in [5.41, 5.74) is 0. The van der Waals surface area contributed by atoms with Crippen molar-refractivity contribution in [2.75, 3.05) is 5.32 Å². The van der Waals surface area contributed by atoms with E-state index in [1.807, 2.05) is 17.5 Å². The van der Waals surface area contributed by atoms with Gasteiger partial charge in [0.15, 0.2) is 5.13 Å². The van der Waals surface area contributed by atoms with Gasteiger partial charge >= 0.3 is 5.97 Å². The molecule has 2 N–H and O–H groups in total. The first-order chi connectivity index (χ1) is 9.13. The first kappa shape index (κ1) is 13.4. The molecule has 0 aliphatic carbocycles. The zero-order chi connectivity index (χ0) is 13.7. The molecule has 19 heavy (non-hydrogen) atoms. The van der Waals surface area contributed by atoms with E-state index in [2.05, 4.69) is 10.3 Å². The molecule has 0 saturated carbocycles. The Morgan fingerprint density at radius 2 is 2.32 bits per heavy atom. The summed E-state index contributed by atoms with van der Waals surface area (Å²) < 4.78 is 0. The molecule has 0 fully saturated rings. The third-order valence-electron chi connectivity index (χ3n) is 2.07. The van der Waals surface area contributed by atoms with Crippen molar-refractivity contribution in [2.45, 2.75) is 6.42 Å². The van der Waals surface area contributed by atoms with E-state index in [0.717, 1.165) is 11.0 Å². The molecule has 0 spiro atoms. The number of aliphatic carboxylic acids is 1. The van der Waals surface area contributed by atoms with Crippen LogP contribution in [-0.2, 0) is 16.0 Å². The molecule has 1 amide bonds. The van der Waals surface area contributed by atoms with Crippen LogP contribution in [0.15, 0.2) is 29.8 Å². The summed E-state index contributed by atoms with van der Waals surface area (Å²) in [6.07, 6.45) is 4.31. The van der Waals surface area contributed by atoms with Crippen molar-refractivity contribution in [3.63, 3.8) is 0 Å². The Kier molecular flexibility index (Phi) is 4.43. The smallest absolute Gasteiger partial charge is 0.328 e. The number of thiazole rings is 1. The number of hydrogen-bond acceptors (Lipinski definition) is 5. The van der Waals surface area contributed by atoms with Gasteiger partial charge in [0.25, 0.3) is 0 Å². The topological polar surface area (TPSA) is 79.3 Å². The summed E-state index contributed by atoms with van der Waals surface area (Å²) in [7, 11) is 0. The lowest BCUT2D eigenvalue weighted by molar-refractivity contribution is -0.131. The van der Waals surface area contributed by atoms with Crippen molar-refractivity contribution in [2.24, 2.45) is 0 Å². The van der Waals surface area contributed by atoms with Crippen LogP contribution in [0, 0.1) is 0 Å². The molecular formula is C12H10N2O3S2. The van der Waals surface area contributed by atoms with Gasteiger partial charge in [0.1, 0.15) is 0 Å². The number of anilines is 1. The number of rotatable bonds is 5. The molecule has 5 nitrogen and oxygen atoms in total. The third kappa shape index (κ3) is 4.31. The van der Waals surface area contributed by atoms with Crippen LogP contribution >= 0.6 is 22.7 Å². The minimum Gasteiger partial charge on any atom is -0.478 e. The van der Waals surface area contributed by atoms with E-state index < -0.39 is 5.97 Å². The first-order valence-electron chi connectivity index (χ1n) is 5.32. The van der Waals surface area contributed by atoms with Crippen molar-refractivity contribution in [3.05, 3.63) is 39.5 Å². The average molecular weight is 294 g/mol. The maximum Gasteiger partial charge on any atom is 0.328 e. The van der Waals surface area contributed by atoms with E-state index in [0.29, 0.717) is 16.4 Å². The van der Waals surface area contributed by atoms with Crippen LogP contribution < -0.4 is 5.32 Å². The lowest BCUT2D eigenvalue weighted by Gasteiger charge is -1.98. The second-order valence-corrected chi connectivity index (χ2v) is 5.64. The quantitative estimate of drug-likeness (QED) is 0.830. The van der Waals surface area contributed by atoms with Gasteiger partial charge in [-0.15, -0.1) is 11.3 Å². The van der Waals surface area contributed by atoms with Gasteiger partial charge in [-0.1, -0.05) is 17.4 Å². The fourth-order valence-corrected chi connectivity index (χ4v) is 2.75. The van der Waals surface area contributed by atoms with Crippen LogP contribution in [0.3, 0.4) is 0 Å². The lowest BCUT2D eigenvalue weighted by Crippen LogP contribution is -2.13. The Labute approximate surface area is 117 Å². The summed E-state index contributed by atoms with van der Waals surface area (Å²) in [5.74, 6) is -1.15. The van der Waals surface area contributed by atoms with Crippen LogP contribution in [-0.4, -0.2) is 22.0 Å². The molecule has 0 saturated heterocycles. The van der Waals surface area contributed by atoms with Gasteiger partial charge in [0.2, 0.25) is 5.91 Å². The molecule has 0 aliphatic heterocycles. The molecule has 2 heterocycles. The molecule has 7 heteroatoms. The Hall–Kier alpha value is -1.99. The maximum absolute atomic E-state index is 11.7. The van der Waals surface area contributed by atoms with Crippen molar-refractivity contribution in [1.29, 1.82) is 0 Å². The van der Waals surface area contributed by atoms with Crippen LogP contribution in [0.25, 0.3) is 6.08 Å². The molecule has 0 atom stereocenters. The predicted octanol–water partition coefficient (Wildman–Crippen LogP) is 2.48. The van der Waals surface area contributed by atoms with E-state index in [4.69, 9.17) is 5.11 Å². The Balaban J connectivity index is 1.92. The molecule has 0 bridgehead atoms. The van der Waals surface area contributed by atoms with Crippen molar-refractivity contribution in [1.82, 2.24) is 4.98 Å². The van der Waals surface area contributed by atoms with E-state index in [9.17, 15) is 9.59 Å². The Morgan fingerprint density at radius 1 is 1.47 bits per heavy atom. The van der Waals surface area contributed by atoms with E-state index in [1.165, 1.54) is 34.9 Å².